The van der Waals surface area contributed by atoms with Crippen LogP contribution in [0.4, 0.5) is 11.4 Å². The second kappa shape index (κ2) is 7.82. The number of ether oxygens (including phenoxy) is 2. The summed E-state index contributed by atoms with van der Waals surface area (Å²) >= 11 is 0. The van der Waals surface area contributed by atoms with Gasteiger partial charge >= 0.3 is 0 Å². The first kappa shape index (κ1) is 14.6. The van der Waals surface area contributed by atoms with Gasteiger partial charge in [0.1, 0.15) is 5.75 Å². The van der Waals surface area contributed by atoms with Crippen LogP contribution in [-0.2, 0) is 4.74 Å². The Balaban J connectivity index is 2.88. The fourth-order valence-corrected chi connectivity index (χ4v) is 1.86. The third-order valence-corrected chi connectivity index (χ3v) is 2.89. The molecule has 0 atom stereocenters. The zero-order chi connectivity index (χ0) is 13.4. The highest BCUT2D eigenvalue weighted by Crippen LogP contribution is 2.30. The molecule has 0 unspecified atom stereocenters. The maximum absolute atomic E-state index is 5.78. The number of methoxy groups -OCH3 is 2. The van der Waals surface area contributed by atoms with Gasteiger partial charge in [-0.3, -0.25) is 0 Å². The Labute approximate surface area is 110 Å². The number of hydrogen-bond acceptors (Lipinski definition) is 4. The lowest BCUT2D eigenvalue weighted by Gasteiger charge is -2.26. The van der Waals surface area contributed by atoms with E-state index in [1.165, 1.54) is 6.42 Å². The van der Waals surface area contributed by atoms with Crippen molar-refractivity contribution in [2.24, 2.45) is 0 Å². The maximum atomic E-state index is 5.78. The first-order chi connectivity index (χ1) is 8.72. The summed E-state index contributed by atoms with van der Waals surface area (Å²) < 4.78 is 10.6. The Morgan fingerprint density at radius 3 is 2.61 bits per heavy atom. The first-order valence-electron chi connectivity index (χ1n) is 6.40. The molecule has 0 heterocycles. The van der Waals surface area contributed by atoms with Crippen LogP contribution in [0.2, 0.25) is 0 Å². The van der Waals surface area contributed by atoms with E-state index in [0.717, 1.165) is 36.6 Å². The maximum Gasteiger partial charge on any atom is 0.144 e. The number of benzene rings is 1. The number of nitrogens with zero attached hydrogens (tertiary/aromatic N) is 1. The molecule has 2 N–H and O–H groups in total. The van der Waals surface area contributed by atoms with Crippen LogP contribution in [0.1, 0.15) is 19.8 Å². The average molecular weight is 252 g/mol. The molecule has 4 heteroatoms. The van der Waals surface area contributed by atoms with Crippen molar-refractivity contribution in [2.45, 2.75) is 19.8 Å². The van der Waals surface area contributed by atoms with E-state index >= 15 is 0 Å². The normalized spacial score (nSPS) is 10.4. The molecule has 0 aliphatic heterocycles. The fraction of sp³-hybridized carbons (Fsp3) is 0.571. The van der Waals surface area contributed by atoms with Gasteiger partial charge in [-0.05, 0) is 18.6 Å². The first-order valence-corrected chi connectivity index (χ1v) is 6.40. The standard InChI is InChI=1S/C14H24N2O2/c1-4-5-8-16(9-10-17-2)13-7-6-12(15)11-14(13)18-3/h6-7,11H,4-5,8-10,15H2,1-3H3. The average Bonchev–Trinajstić information content (AvgIpc) is 2.39. The highest BCUT2D eigenvalue weighted by atomic mass is 16.5. The van der Waals surface area contributed by atoms with Crippen LogP contribution in [0, 0.1) is 0 Å². The van der Waals surface area contributed by atoms with Gasteiger partial charge in [0, 0.05) is 32.0 Å². The zero-order valence-electron chi connectivity index (χ0n) is 11.6. The molecule has 0 aliphatic rings. The molecule has 0 bridgehead atoms. The second-order valence-corrected chi connectivity index (χ2v) is 4.26. The molecule has 0 amide bonds. The molecule has 18 heavy (non-hydrogen) atoms. The Hall–Kier alpha value is -1.42. The van der Waals surface area contributed by atoms with Gasteiger partial charge in [0.25, 0.3) is 0 Å². The third kappa shape index (κ3) is 4.11. The summed E-state index contributed by atoms with van der Waals surface area (Å²) in [5.41, 5.74) is 7.58. The van der Waals surface area contributed by atoms with E-state index in [0.29, 0.717) is 6.61 Å². The molecule has 0 fully saturated rings. The summed E-state index contributed by atoms with van der Waals surface area (Å²) in [7, 11) is 3.39. The SMILES string of the molecule is CCCCN(CCOC)c1ccc(N)cc1OC. The number of nitrogens with two attached hydrogens (primary N) is 1. The van der Waals surface area contributed by atoms with Gasteiger partial charge in [-0.1, -0.05) is 13.3 Å². The minimum absolute atomic E-state index is 0.706. The Bertz CT molecular complexity index is 348. The highest BCUT2D eigenvalue weighted by Gasteiger charge is 2.11. The molecule has 0 aliphatic carbocycles. The second-order valence-electron chi connectivity index (χ2n) is 4.26. The number of rotatable bonds is 8. The molecule has 102 valence electrons. The van der Waals surface area contributed by atoms with Crippen molar-refractivity contribution in [1.29, 1.82) is 0 Å². The van der Waals surface area contributed by atoms with E-state index in [1.807, 2.05) is 18.2 Å². The zero-order valence-corrected chi connectivity index (χ0v) is 11.6. The minimum atomic E-state index is 0.706. The van der Waals surface area contributed by atoms with Crippen LogP contribution in [0.5, 0.6) is 5.75 Å². The van der Waals surface area contributed by atoms with Crippen LogP contribution < -0.4 is 15.4 Å². The van der Waals surface area contributed by atoms with Gasteiger partial charge < -0.3 is 20.1 Å². The molecular weight excluding hydrogens is 228 g/mol. The van der Waals surface area contributed by atoms with E-state index in [2.05, 4.69) is 11.8 Å². The van der Waals surface area contributed by atoms with Crippen molar-refractivity contribution >= 4 is 11.4 Å². The smallest absolute Gasteiger partial charge is 0.144 e. The van der Waals surface area contributed by atoms with Crippen molar-refractivity contribution in [3.8, 4) is 5.75 Å². The minimum Gasteiger partial charge on any atom is -0.495 e. The van der Waals surface area contributed by atoms with E-state index < -0.39 is 0 Å². The monoisotopic (exact) mass is 252 g/mol. The number of hydrogen-bond donors (Lipinski definition) is 1. The van der Waals surface area contributed by atoms with E-state index in [4.69, 9.17) is 15.2 Å². The quantitative estimate of drug-likeness (QED) is 0.722. The predicted molar refractivity (Wildman–Crippen MR) is 76.4 cm³/mol. The molecule has 0 saturated carbocycles. The van der Waals surface area contributed by atoms with Gasteiger partial charge in [0.2, 0.25) is 0 Å². The molecule has 1 aromatic rings. The predicted octanol–water partition coefficient (Wildman–Crippen LogP) is 2.53. The Morgan fingerprint density at radius 1 is 1.22 bits per heavy atom. The Kier molecular flexibility index (Phi) is 6.36. The van der Waals surface area contributed by atoms with Crippen molar-refractivity contribution in [3.63, 3.8) is 0 Å². The lowest BCUT2D eigenvalue weighted by atomic mass is 10.2. The van der Waals surface area contributed by atoms with Crippen molar-refractivity contribution < 1.29 is 9.47 Å². The van der Waals surface area contributed by atoms with Crippen molar-refractivity contribution in [2.75, 3.05) is 44.5 Å². The van der Waals surface area contributed by atoms with Crippen LogP contribution >= 0.6 is 0 Å². The summed E-state index contributed by atoms with van der Waals surface area (Å²) in [5, 5.41) is 0. The van der Waals surface area contributed by atoms with Gasteiger partial charge in [0.05, 0.1) is 19.4 Å². The molecule has 0 saturated heterocycles. The van der Waals surface area contributed by atoms with Crippen LogP contribution in [0.3, 0.4) is 0 Å². The fourth-order valence-electron chi connectivity index (χ4n) is 1.86. The van der Waals surface area contributed by atoms with Crippen molar-refractivity contribution in [3.05, 3.63) is 18.2 Å². The summed E-state index contributed by atoms with van der Waals surface area (Å²) in [5.74, 6) is 0.821. The largest absolute Gasteiger partial charge is 0.495 e. The number of unbranched alkanes of at least 4 members (excludes halogenated alkanes) is 1. The summed E-state index contributed by atoms with van der Waals surface area (Å²) in [6.07, 6.45) is 2.32. The Morgan fingerprint density at radius 2 is 2.00 bits per heavy atom. The lowest BCUT2D eigenvalue weighted by molar-refractivity contribution is 0.205. The summed E-state index contributed by atoms with van der Waals surface area (Å²) in [6.45, 7) is 4.75. The molecule has 0 aromatic heterocycles. The molecule has 1 rings (SSSR count). The highest BCUT2D eigenvalue weighted by molar-refractivity contribution is 5.64. The third-order valence-electron chi connectivity index (χ3n) is 2.89. The van der Waals surface area contributed by atoms with Gasteiger partial charge in [0.15, 0.2) is 0 Å². The molecule has 0 spiro atoms. The summed E-state index contributed by atoms with van der Waals surface area (Å²) in [4.78, 5) is 2.28. The van der Waals surface area contributed by atoms with Gasteiger partial charge in [-0.15, -0.1) is 0 Å². The summed E-state index contributed by atoms with van der Waals surface area (Å²) in [6, 6.07) is 5.78. The number of anilines is 2. The van der Waals surface area contributed by atoms with E-state index in [-0.39, 0.29) is 0 Å². The molecule has 4 nitrogen and oxygen atoms in total. The van der Waals surface area contributed by atoms with E-state index in [1.54, 1.807) is 14.2 Å². The molecule has 1 aromatic carbocycles. The van der Waals surface area contributed by atoms with Crippen LogP contribution in [0.15, 0.2) is 18.2 Å². The molecular formula is C14H24N2O2. The van der Waals surface area contributed by atoms with E-state index in [9.17, 15) is 0 Å². The number of nitrogen functional groups attached to an aromatic ring is 1. The van der Waals surface area contributed by atoms with Crippen molar-refractivity contribution in [1.82, 2.24) is 0 Å². The van der Waals surface area contributed by atoms with Gasteiger partial charge in [-0.2, -0.15) is 0 Å². The molecule has 0 radical (unpaired) electrons. The topological polar surface area (TPSA) is 47.7 Å². The van der Waals surface area contributed by atoms with Crippen LogP contribution in [0.25, 0.3) is 0 Å². The van der Waals surface area contributed by atoms with Gasteiger partial charge in [-0.25, -0.2) is 0 Å². The van der Waals surface area contributed by atoms with Crippen LogP contribution in [-0.4, -0.2) is 33.9 Å². The lowest BCUT2D eigenvalue weighted by Crippen LogP contribution is -2.28.